The Morgan fingerprint density at radius 2 is 2.11 bits per heavy atom. The van der Waals surface area contributed by atoms with Crippen LogP contribution in [0.5, 0.6) is 0 Å². The molecular formula is C4H9N3O2. The van der Waals surface area contributed by atoms with Crippen LogP contribution in [-0.2, 0) is 9.63 Å². The van der Waals surface area contributed by atoms with Crippen LogP contribution < -0.4 is 0 Å². The van der Waals surface area contributed by atoms with Gasteiger partial charge in [-0.25, -0.2) is 0 Å². The zero-order valence-electron chi connectivity index (χ0n) is 5.66. The minimum absolute atomic E-state index is 0.613. The first-order valence-electron chi connectivity index (χ1n) is 2.49. The summed E-state index contributed by atoms with van der Waals surface area (Å²) in [7, 11) is 0. The summed E-state index contributed by atoms with van der Waals surface area (Å²) in [5, 5.41) is 2.50. The highest BCUT2D eigenvalue weighted by molar-refractivity contribution is 5.65. The molecule has 0 aliphatic heterocycles. The molecule has 9 heavy (non-hydrogen) atoms. The highest BCUT2D eigenvalue weighted by Crippen LogP contribution is 1.74. The van der Waals surface area contributed by atoms with Gasteiger partial charge in [-0.05, 0) is 5.53 Å². The van der Waals surface area contributed by atoms with E-state index in [1.165, 1.54) is 0 Å². The molecule has 5 nitrogen and oxygen atoms in total. The normalized spacial score (nSPS) is 5.67. The summed E-state index contributed by atoms with van der Waals surface area (Å²) >= 11 is 0. The molecule has 0 aliphatic carbocycles. The third-order valence-corrected chi connectivity index (χ3v) is 0.206. The molecule has 0 amide bonds. The average molecular weight is 131 g/mol. The van der Waals surface area contributed by atoms with Crippen molar-refractivity contribution in [2.24, 2.45) is 5.28 Å². The fourth-order valence-electron chi connectivity index (χ4n) is 0.0757. The second-order valence-electron chi connectivity index (χ2n) is 0.754. The maximum absolute atomic E-state index is 9.72. The van der Waals surface area contributed by atoms with E-state index in [4.69, 9.17) is 5.53 Å². The van der Waals surface area contributed by atoms with Crippen molar-refractivity contribution in [3.05, 3.63) is 10.4 Å². The Bertz CT molecular complexity index is 117. The molecule has 0 saturated heterocycles. The molecule has 0 bridgehead atoms. The first-order valence-corrected chi connectivity index (χ1v) is 2.49. The number of azide groups is 1. The lowest BCUT2D eigenvalue weighted by Gasteiger charge is -1.79. The SMILES string of the molecule is CC.CC(=O)ON=[N+]=[N-]. The van der Waals surface area contributed by atoms with Gasteiger partial charge >= 0.3 is 5.97 Å². The second kappa shape index (κ2) is 9.91. The van der Waals surface area contributed by atoms with Gasteiger partial charge in [0.25, 0.3) is 0 Å². The van der Waals surface area contributed by atoms with E-state index in [1.54, 1.807) is 0 Å². The summed E-state index contributed by atoms with van der Waals surface area (Å²) < 4.78 is 0. The lowest BCUT2D eigenvalue weighted by molar-refractivity contribution is -0.141. The van der Waals surface area contributed by atoms with Crippen molar-refractivity contribution in [2.75, 3.05) is 0 Å². The maximum Gasteiger partial charge on any atom is 0.314 e. The van der Waals surface area contributed by atoms with Gasteiger partial charge in [0.15, 0.2) is 0 Å². The van der Waals surface area contributed by atoms with E-state index in [-0.39, 0.29) is 0 Å². The first-order chi connectivity index (χ1) is 4.27. The highest BCUT2D eigenvalue weighted by Gasteiger charge is 1.82. The largest absolute Gasteiger partial charge is 0.359 e. The highest BCUT2D eigenvalue weighted by atomic mass is 16.7. The zero-order chi connectivity index (χ0) is 7.70. The van der Waals surface area contributed by atoms with E-state index in [1.807, 2.05) is 13.8 Å². The standard InChI is InChI=1S/C2H3N3O2.C2H6/c1-2(6)7-5-4-3;1-2/h1H3;1-2H3. The molecule has 0 aliphatic rings. The van der Waals surface area contributed by atoms with Crippen molar-refractivity contribution >= 4 is 5.97 Å². The smallest absolute Gasteiger partial charge is 0.314 e. The minimum atomic E-state index is -0.613. The summed E-state index contributed by atoms with van der Waals surface area (Å²) in [4.78, 5) is 15.6. The molecule has 52 valence electrons. The van der Waals surface area contributed by atoms with Crippen molar-refractivity contribution < 1.29 is 9.63 Å². The van der Waals surface area contributed by atoms with Crippen LogP contribution in [0.15, 0.2) is 5.28 Å². The first kappa shape index (κ1) is 10.7. The van der Waals surface area contributed by atoms with Gasteiger partial charge in [-0.3, -0.25) is 4.79 Å². The Balaban J connectivity index is 0. The van der Waals surface area contributed by atoms with Crippen molar-refractivity contribution in [3.8, 4) is 0 Å². The Kier molecular flexibility index (Phi) is 11.8. The number of carbonyl (C=O) groups excluding carboxylic acids is 1. The van der Waals surface area contributed by atoms with Crippen LogP contribution in [0.1, 0.15) is 20.8 Å². The summed E-state index contributed by atoms with van der Waals surface area (Å²) in [5.41, 5.74) is 7.50. The maximum atomic E-state index is 9.72. The van der Waals surface area contributed by atoms with Crippen LogP contribution in [0.25, 0.3) is 10.4 Å². The fraction of sp³-hybridized carbons (Fsp3) is 0.750. The van der Waals surface area contributed by atoms with E-state index in [0.717, 1.165) is 6.92 Å². The number of nitrogens with zero attached hydrogens (tertiary/aromatic N) is 3. The predicted molar refractivity (Wildman–Crippen MR) is 32.3 cm³/mol. The average Bonchev–Trinajstić information content (AvgIpc) is 1.88. The molecule has 0 aromatic carbocycles. The molecule has 0 aromatic rings. The van der Waals surface area contributed by atoms with Crippen LogP contribution in [0.3, 0.4) is 0 Å². The fourth-order valence-corrected chi connectivity index (χ4v) is 0.0757. The summed E-state index contributed by atoms with van der Waals surface area (Å²) in [6, 6.07) is 0. The van der Waals surface area contributed by atoms with Gasteiger partial charge in [-0.1, -0.05) is 13.8 Å². The predicted octanol–water partition coefficient (Wildman–Crippen LogP) is 1.80. The Labute approximate surface area is 53.2 Å². The van der Waals surface area contributed by atoms with Gasteiger partial charge in [-0.15, -0.1) is 0 Å². The van der Waals surface area contributed by atoms with E-state index >= 15 is 0 Å². The monoisotopic (exact) mass is 131 g/mol. The molecule has 0 fully saturated rings. The molecular weight excluding hydrogens is 122 g/mol. The van der Waals surface area contributed by atoms with E-state index in [9.17, 15) is 4.79 Å². The molecule has 0 atom stereocenters. The Morgan fingerprint density at radius 1 is 1.67 bits per heavy atom. The molecule has 0 saturated carbocycles. The van der Waals surface area contributed by atoms with Gasteiger partial charge in [0, 0.05) is 11.8 Å². The number of carbonyl (C=O) groups is 1. The van der Waals surface area contributed by atoms with Crippen LogP contribution >= 0.6 is 0 Å². The van der Waals surface area contributed by atoms with Crippen LogP contribution in [-0.4, -0.2) is 5.97 Å². The lowest BCUT2D eigenvalue weighted by Crippen LogP contribution is -1.87. The molecule has 0 unspecified atom stereocenters. The van der Waals surface area contributed by atoms with Crippen LogP contribution in [0, 0.1) is 0 Å². The molecule has 0 aromatic heterocycles. The number of hydrogen-bond acceptors (Lipinski definition) is 3. The van der Waals surface area contributed by atoms with Gasteiger partial charge in [-0.2, -0.15) is 0 Å². The van der Waals surface area contributed by atoms with Gasteiger partial charge in [0.2, 0.25) is 0 Å². The lowest BCUT2D eigenvalue weighted by atomic mass is 10.8. The Hall–Kier alpha value is -1.22. The van der Waals surface area contributed by atoms with Crippen molar-refractivity contribution in [3.63, 3.8) is 0 Å². The topological polar surface area (TPSA) is 75.1 Å². The minimum Gasteiger partial charge on any atom is -0.359 e. The van der Waals surface area contributed by atoms with E-state index in [2.05, 4.69) is 15.0 Å². The second-order valence-corrected chi connectivity index (χ2v) is 0.754. The molecule has 0 N–H and O–H groups in total. The quantitative estimate of drug-likeness (QED) is 0.235. The molecule has 0 spiro atoms. The van der Waals surface area contributed by atoms with Gasteiger partial charge < -0.3 is 4.84 Å². The van der Waals surface area contributed by atoms with Gasteiger partial charge in [0.05, 0.1) is 0 Å². The third kappa shape index (κ3) is 20.0. The summed E-state index contributed by atoms with van der Waals surface area (Å²) in [5.74, 6) is -0.613. The van der Waals surface area contributed by atoms with Crippen molar-refractivity contribution in [1.29, 1.82) is 0 Å². The van der Waals surface area contributed by atoms with Crippen molar-refractivity contribution in [1.82, 2.24) is 0 Å². The number of rotatable bonds is 1. The Morgan fingerprint density at radius 3 is 2.22 bits per heavy atom. The molecule has 0 heterocycles. The third-order valence-electron chi connectivity index (χ3n) is 0.206. The van der Waals surface area contributed by atoms with E-state index < -0.39 is 5.97 Å². The van der Waals surface area contributed by atoms with Gasteiger partial charge in [0.1, 0.15) is 5.28 Å². The summed E-state index contributed by atoms with van der Waals surface area (Å²) in [6.07, 6.45) is 0. The molecule has 0 rings (SSSR count). The van der Waals surface area contributed by atoms with Crippen LogP contribution in [0.4, 0.5) is 0 Å². The molecule has 0 radical (unpaired) electrons. The summed E-state index contributed by atoms with van der Waals surface area (Å²) in [6.45, 7) is 5.15. The number of hydrogen-bond donors (Lipinski definition) is 0. The van der Waals surface area contributed by atoms with Crippen LogP contribution in [0.2, 0.25) is 0 Å². The molecule has 5 heteroatoms. The van der Waals surface area contributed by atoms with Crippen molar-refractivity contribution in [2.45, 2.75) is 20.8 Å². The zero-order valence-corrected chi connectivity index (χ0v) is 5.66. The van der Waals surface area contributed by atoms with E-state index in [0.29, 0.717) is 0 Å².